The molecule has 2 aromatic rings. The van der Waals surface area contributed by atoms with Crippen molar-refractivity contribution in [1.29, 1.82) is 0 Å². The van der Waals surface area contributed by atoms with Crippen LogP contribution in [-0.4, -0.2) is 73.7 Å². The second kappa shape index (κ2) is 15.8. The lowest BCUT2D eigenvalue weighted by molar-refractivity contribution is -0.125. The number of ether oxygens (including phenoxy) is 1. The number of piperazine rings is 1. The van der Waals surface area contributed by atoms with E-state index in [1.54, 1.807) is 6.07 Å². The van der Waals surface area contributed by atoms with Crippen LogP contribution >= 0.6 is 11.6 Å². The molecule has 2 aromatic carbocycles. The Hall–Kier alpha value is -2.48. The van der Waals surface area contributed by atoms with E-state index in [-0.39, 0.29) is 29.2 Å². The molecule has 4 rings (SSSR count). The summed E-state index contributed by atoms with van der Waals surface area (Å²) < 4.78 is 21.6. The minimum Gasteiger partial charge on any atom is -0.494 e. The first kappa shape index (κ1) is 32.4. The Labute approximate surface area is 256 Å². The Morgan fingerprint density at radius 3 is 2.29 bits per heavy atom. The van der Waals surface area contributed by atoms with E-state index in [9.17, 15) is 9.59 Å². The summed E-state index contributed by atoms with van der Waals surface area (Å²) in [5.41, 5.74) is 1.54. The van der Waals surface area contributed by atoms with Gasteiger partial charge in [-0.2, -0.15) is 0 Å². The Balaban J connectivity index is 1.54. The van der Waals surface area contributed by atoms with Crippen molar-refractivity contribution < 1.29 is 18.7 Å². The Morgan fingerprint density at radius 2 is 1.67 bits per heavy atom. The standard InChI is InChI=1S/C34H47ClFN3O3/c1-25(2)28-12-15-31(30(36)23-28)39(33(41)24-35)34(32(40)22-26-8-5-4-6-9-26)27-10-13-29(14-11-27)42-21-7-16-38-19-17-37(3)18-20-38/h10-15,23,25-26,34H,4-9,16-22,24H2,1-3H3. The molecule has 1 heterocycles. The fraction of sp³-hybridized carbons (Fsp3) is 0.588. The van der Waals surface area contributed by atoms with Crippen molar-refractivity contribution in [3.63, 3.8) is 0 Å². The van der Waals surface area contributed by atoms with Crippen LogP contribution < -0.4 is 9.64 Å². The molecule has 2 aliphatic rings. The van der Waals surface area contributed by atoms with Crippen molar-refractivity contribution in [2.45, 2.75) is 70.8 Å². The average molecular weight is 600 g/mol. The molecule has 2 fully saturated rings. The number of anilines is 1. The number of nitrogens with zero attached hydrogens (tertiary/aromatic N) is 3. The molecule has 8 heteroatoms. The van der Waals surface area contributed by atoms with Gasteiger partial charge in [-0.1, -0.05) is 64.2 Å². The van der Waals surface area contributed by atoms with Crippen LogP contribution in [-0.2, 0) is 9.59 Å². The highest BCUT2D eigenvalue weighted by Crippen LogP contribution is 2.36. The van der Waals surface area contributed by atoms with Crippen LogP contribution in [0.4, 0.5) is 10.1 Å². The van der Waals surface area contributed by atoms with Crippen molar-refractivity contribution in [3.8, 4) is 5.75 Å². The number of Topliss-reactive ketones (excluding diaryl/α,β-unsaturated/α-hetero) is 1. The number of carbonyl (C=O) groups excluding carboxylic acids is 2. The number of hydrogen-bond acceptors (Lipinski definition) is 5. The van der Waals surface area contributed by atoms with Crippen LogP contribution in [0.2, 0.25) is 0 Å². The largest absolute Gasteiger partial charge is 0.494 e. The summed E-state index contributed by atoms with van der Waals surface area (Å²) in [7, 11) is 2.15. The van der Waals surface area contributed by atoms with Gasteiger partial charge in [0.1, 0.15) is 23.5 Å². The molecular formula is C34H47ClFN3O3. The molecule has 0 radical (unpaired) electrons. The maximum absolute atomic E-state index is 15.6. The number of halogens is 2. The number of carbonyl (C=O) groups is 2. The molecule has 1 unspecified atom stereocenters. The number of benzene rings is 2. The average Bonchev–Trinajstić information content (AvgIpc) is 2.99. The first-order valence-electron chi connectivity index (χ1n) is 15.6. The first-order chi connectivity index (χ1) is 20.3. The molecule has 1 saturated carbocycles. The summed E-state index contributed by atoms with van der Waals surface area (Å²) in [6.45, 7) is 9.93. The molecule has 1 saturated heterocycles. The third-order valence-corrected chi connectivity index (χ3v) is 8.97. The van der Waals surface area contributed by atoms with Gasteiger partial charge in [-0.15, -0.1) is 11.6 Å². The Kier molecular flexibility index (Phi) is 12.2. The minimum atomic E-state index is -0.969. The van der Waals surface area contributed by atoms with Gasteiger partial charge in [0.05, 0.1) is 12.3 Å². The lowest BCUT2D eigenvalue weighted by Crippen LogP contribution is -2.44. The van der Waals surface area contributed by atoms with Crippen LogP contribution in [0.3, 0.4) is 0 Å². The molecule has 0 spiro atoms. The molecule has 1 atom stereocenters. The molecule has 0 N–H and O–H groups in total. The summed E-state index contributed by atoms with van der Waals surface area (Å²) in [4.78, 5) is 33.4. The van der Waals surface area contributed by atoms with Crippen molar-refractivity contribution in [2.24, 2.45) is 5.92 Å². The van der Waals surface area contributed by atoms with Crippen LogP contribution in [0.5, 0.6) is 5.75 Å². The van der Waals surface area contributed by atoms with Gasteiger partial charge in [0, 0.05) is 39.1 Å². The smallest absolute Gasteiger partial charge is 0.242 e. The number of likely N-dealkylation sites (N-methyl/N-ethyl adjacent to an activating group) is 1. The molecule has 42 heavy (non-hydrogen) atoms. The fourth-order valence-corrected chi connectivity index (χ4v) is 6.25. The zero-order valence-electron chi connectivity index (χ0n) is 25.5. The summed E-state index contributed by atoms with van der Waals surface area (Å²) in [6, 6.07) is 11.2. The minimum absolute atomic E-state index is 0.0799. The van der Waals surface area contributed by atoms with Crippen LogP contribution in [0, 0.1) is 11.7 Å². The Morgan fingerprint density at radius 1 is 1.00 bits per heavy atom. The first-order valence-corrected chi connectivity index (χ1v) is 16.1. The van der Waals surface area contributed by atoms with Gasteiger partial charge >= 0.3 is 0 Å². The van der Waals surface area contributed by atoms with Gasteiger partial charge in [0.15, 0.2) is 5.78 Å². The number of ketones is 1. The quantitative estimate of drug-likeness (QED) is 0.187. The summed E-state index contributed by atoms with van der Waals surface area (Å²) in [5, 5.41) is 0. The zero-order valence-corrected chi connectivity index (χ0v) is 26.3. The highest BCUT2D eigenvalue weighted by Gasteiger charge is 2.35. The SMILES string of the molecule is CC(C)c1ccc(N(C(=O)CCl)C(C(=O)CC2CCCCC2)c2ccc(OCCCN3CCN(C)CC3)cc2)c(F)c1. The highest BCUT2D eigenvalue weighted by molar-refractivity contribution is 6.30. The monoisotopic (exact) mass is 599 g/mol. The number of rotatable bonds is 13. The molecule has 1 aliphatic carbocycles. The Bertz CT molecular complexity index is 1160. The molecule has 1 amide bonds. The topological polar surface area (TPSA) is 53.1 Å². The maximum atomic E-state index is 15.6. The lowest BCUT2D eigenvalue weighted by atomic mass is 9.83. The van der Waals surface area contributed by atoms with E-state index < -0.39 is 17.8 Å². The molecule has 6 nitrogen and oxygen atoms in total. The van der Waals surface area contributed by atoms with Gasteiger partial charge in [-0.05, 0) is 60.7 Å². The van der Waals surface area contributed by atoms with E-state index in [1.165, 1.54) is 17.4 Å². The predicted molar refractivity (Wildman–Crippen MR) is 168 cm³/mol. The third-order valence-electron chi connectivity index (χ3n) is 8.74. The predicted octanol–water partition coefficient (Wildman–Crippen LogP) is 6.82. The molecule has 0 aromatic heterocycles. The van der Waals surface area contributed by atoms with E-state index >= 15 is 4.39 Å². The van der Waals surface area contributed by atoms with Gasteiger partial charge in [-0.25, -0.2) is 4.39 Å². The molecule has 1 aliphatic heterocycles. The second-order valence-corrected chi connectivity index (χ2v) is 12.5. The van der Waals surface area contributed by atoms with Gasteiger partial charge in [0.25, 0.3) is 0 Å². The van der Waals surface area contributed by atoms with Crippen LogP contribution in [0.1, 0.15) is 81.9 Å². The van der Waals surface area contributed by atoms with E-state index in [1.807, 2.05) is 44.2 Å². The molecule has 0 bridgehead atoms. The number of amides is 1. The van der Waals surface area contributed by atoms with E-state index in [2.05, 4.69) is 16.8 Å². The van der Waals surface area contributed by atoms with Gasteiger partial charge in [-0.3, -0.25) is 14.5 Å². The van der Waals surface area contributed by atoms with Gasteiger partial charge in [0.2, 0.25) is 5.91 Å². The van der Waals surface area contributed by atoms with Gasteiger partial charge < -0.3 is 14.5 Å². The molecular weight excluding hydrogens is 553 g/mol. The van der Waals surface area contributed by atoms with Crippen molar-refractivity contribution in [1.82, 2.24) is 9.80 Å². The van der Waals surface area contributed by atoms with Crippen molar-refractivity contribution >= 4 is 29.0 Å². The van der Waals surface area contributed by atoms with Crippen LogP contribution in [0.25, 0.3) is 0 Å². The summed E-state index contributed by atoms with van der Waals surface area (Å²) >= 11 is 6.07. The fourth-order valence-electron chi connectivity index (χ4n) is 6.12. The van der Waals surface area contributed by atoms with E-state index in [0.29, 0.717) is 24.3 Å². The zero-order chi connectivity index (χ0) is 30.1. The lowest BCUT2D eigenvalue weighted by Gasteiger charge is -2.33. The normalized spacial score (nSPS) is 17.8. The highest BCUT2D eigenvalue weighted by atomic mass is 35.5. The maximum Gasteiger partial charge on any atom is 0.242 e. The van der Waals surface area contributed by atoms with E-state index in [4.69, 9.17) is 16.3 Å². The van der Waals surface area contributed by atoms with Crippen LogP contribution in [0.15, 0.2) is 42.5 Å². The van der Waals surface area contributed by atoms with Crippen molar-refractivity contribution in [3.05, 3.63) is 59.4 Å². The third kappa shape index (κ3) is 8.77. The summed E-state index contributed by atoms with van der Waals surface area (Å²) in [6.07, 6.45) is 6.69. The summed E-state index contributed by atoms with van der Waals surface area (Å²) in [5.74, 6) is -0.365. The number of hydrogen-bond donors (Lipinski definition) is 0. The second-order valence-electron chi connectivity index (χ2n) is 12.3. The number of alkyl halides is 1. The molecule has 230 valence electrons. The van der Waals surface area contributed by atoms with Crippen molar-refractivity contribution in [2.75, 3.05) is 57.2 Å². The van der Waals surface area contributed by atoms with E-state index in [0.717, 1.165) is 70.4 Å².